The number of nitrogens with two attached hydrogens (primary N) is 1. The van der Waals surface area contributed by atoms with Crippen LogP contribution in [0.4, 0.5) is 0 Å². The number of carboxylic acids is 1. The summed E-state index contributed by atoms with van der Waals surface area (Å²) in [4.78, 5) is 21.4. The van der Waals surface area contributed by atoms with Gasteiger partial charge in [-0.15, -0.1) is 0 Å². The van der Waals surface area contributed by atoms with Gasteiger partial charge in [0.15, 0.2) is 6.61 Å². The van der Waals surface area contributed by atoms with Gasteiger partial charge < -0.3 is 20.4 Å². The molecule has 0 radical (unpaired) electrons. The normalized spacial score (nSPS) is 11.2. The monoisotopic (exact) mass is 411 g/mol. The van der Waals surface area contributed by atoms with E-state index >= 15 is 0 Å². The van der Waals surface area contributed by atoms with E-state index in [9.17, 15) is 23.1 Å². The summed E-state index contributed by atoms with van der Waals surface area (Å²) in [6.45, 7) is 1.16. The maximum atomic E-state index is 12.6. The number of aryl methyl sites for hydroxylation is 1. The fourth-order valence-corrected chi connectivity index (χ4v) is 3.77. The number of ether oxygens (including phenoxy) is 1. The SMILES string of the molecule is Cc1cc(Cl)c(S(=O)(=O)NCc2ccc(C(=O)[O-])cc2)cc1OCC(N)=O. The van der Waals surface area contributed by atoms with Gasteiger partial charge in [-0.25, -0.2) is 13.1 Å². The third-order valence-electron chi connectivity index (χ3n) is 3.54. The van der Waals surface area contributed by atoms with Crippen LogP contribution in [-0.2, 0) is 21.4 Å². The summed E-state index contributed by atoms with van der Waals surface area (Å²) in [6.07, 6.45) is 0. The minimum atomic E-state index is -4.00. The van der Waals surface area contributed by atoms with E-state index in [0.717, 1.165) is 0 Å². The maximum Gasteiger partial charge on any atom is 0.255 e. The molecule has 0 fully saturated rings. The lowest BCUT2D eigenvalue weighted by Gasteiger charge is -2.13. The lowest BCUT2D eigenvalue weighted by Crippen LogP contribution is -2.24. The quantitative estimate of drug-likeness (QED) is 0.642. The molecule has 0 aliphatic rings. The number of carbonyl (C=O) groups excluding carboxylic acids is 2. The number of hydrogen-bond acceptors (Lipinski definition) is 6. The molecular weight excluding hydrogens is 396 g/mol. The number of aromatic carboxylic acids is 1. The molecule has 0 aromatic heterocycles. The first-order valence-electron chi connectivity index (χ1n) is 7.61. The van der Waals surface area contributed by atoms with Gasteiger partial charge in [0.25, 0.3) is 5.91 Å². The van der Waals surface area contributed by atoms with Crippen molar-refractivity contribution in [2.24, 2.45) is 5.73 Å². The molecule has 2 aromatic rings. The highest BCUT2D eigenvalue weighted by Crippen LogP contribution is 2.30. The highest BCUT2D eigenvalue weighted by atomic mass is 35.5. The Labute approximate surface area is 160 Å². The minimum absolute atomic E-state index is 0.0144. The third-order valence-corrected chi connectivity index (χ3v) is 5.41. The number of hydrogen-bond donors (Lipinski definition) is 2. The number of sulfonamides is 1. The van der Waals surface area contributed by atoms with Crippen molar-refractivity contribution in [2.45, 2.75) is 18.4 Å². The molecule has 0 saturated heterocycles. The summed E-state index contributed by atoms with van der Waals surface area (Å²) >= 11 is 6.05. The molecule has 0 aliphatic carbocycles. The highest BCUT2D eigenvalue weighted by molar-refractivity contribution is 7.89. The van der Waals surface area contributed by atoms with Gasteiger partial charge in [-0.1, -0.05) is 35.9 Å². The lowest BCUT2D eigenvalue weighted by molar-refractivity contribution is -0.255. The number of primary amides is 1. The number of carboxylic acid groups (broad SMARTS) is 1. The molecule has 0 atom stereocenters. The zero-order chi connectivity index (χ0) is 20.2. The highest BCUT2D eigenvalue weighted by Gasteiger charge is 2.20. The van der Waals surface area contributed by atoms with Crippen molar-refractivity contribution in [2.75, 3.05) is 6.61 Å². The van der Waals surface area contributed by atoms with E-state index in [1.807, 2.05) is 0 Å². The Morgan fingerprint density at radius 2 is 1.85 bits per heavy atom. The molecule has 2 rings (SSSR count). The van der Waals surface area contributed by atoms with E-state index in [0.29, 0.717) is 11.1 Å². The van der Waals surface area contributed by atoms with Crippen molar-refractivity contribution in [3.8, 4) is 5.75 Å². The number of rotatable bonds is 8. The molecule has 0 saturated carbocycles. The van der Waals surface area contributed by atoms with Gasteiger partial charge in [0.05, 0.1) is 11.0 Å². The number of nitrogens with one attached hydrogen (secondary N) is 1. The molecule has 27 heavy (non-hydrogen) atoms. The predicted molar refractivity (Wildman–Crippen MR) is 95.7 cm³/mol. The van der Waals surface area contributed by atoms with E-state index < -0.39 is 28.5 Å². The first kappa shape index (κ1) is 20.7. The molecular formula is C17H16ClN2O6S-. The van der Waals surface area contributed by atoms with Crippen LogP contribution < -0.4 is 20.3 Å². The van der Waals surface area contributed by atoms with E-state index in [-0.39, 0.29) is 27.8 Å². The van der Waals surface area contributed by atoms with Crippen LogP contribution in [-0.4, -0.2) is 26.9 Å². The fourth-order valence-electron chi connectivity index (χ4n) is 2.16. The Morgan fingerprint density at radius 1 is 1.22 bits per heavy atom. The summed E-state index contributed by atoms with van der Waals surface area (Å²) in [5.41, 5.74) is 6.09. The lowest BCUT2D eigenvalue weighted by atomic mass is 10.1. The fraction of sp³-hybridized carbons (Fsp3) is 0.176. The second-order valence-corrected chi connectivity index (χ2v) is 7.75. The predicted octanol–water partition coefficient (Wildman–Crippen LogP) is 0.355. The molecule has 0 unspecified atom stereocenters. The Kier molecular flexibility index (Phi) is 6.42. The van der Waals surface area contributed by atoms with E-state index in [1.165, 1.54) is 36.4 Å². The van der Waals surface area contributed by atoms with Crippen LogP contribution in [0.5, 0.6) is 5.75 Å². The third kappa shape index (κ3) is 5.43. The molecule has 8 nitrogen and oxygen atoms in total. The second kappa shape index (κ2) is 8.38. The molecule has 1 amide bonds. The number of amides is 1. The average molecular weight is 412 g/mol. The van der Waals surface area contributed by atoms with Crippen molar-refractivity contribution in [3.05, 3.63) is 58.1 Å². The molecule has 0 aliphatic heterocycles. The van der Waals surface area contributed by atoms with Crippen molar-refractivity contribution in [1.82, 2.24) is 4.72 Å². The summed E-state index contributed by atoms with van der Waals surface area (Å²) < 4.78 is 32.7. The molecule has 0 heterocycles. The van der Waals surface area contributed by atoms with Crippen LogP contribution in [0.1, 0.15) is 21.5 Å². The van der Waals surface area contributed by atoms with E-state index in [2.05, 4.69) is 4.72 Å². The van der Waals surface area contributed by atoms with Gasteiger partial charge in [0, 0.05) is 12.6 Å². The Morgan fingerprint density at radius 3 is 2.41 bits per heavy atom. The van der Waals surface area contributed by atoms with Gasteiger partial charge >= 0.3 is 0 Å². The standard InChI is InChI=1S/C17H17ClN2O6S/c1-10-6-13(18)15(7-14(10)26-9-16(19)21)27(24,25)20-8-11-2-4-12(5-3-11)17(22)23/h2-7,20H,8-9H2,1H3,(H2,19,21)(H,22,23)/p-1. The summed E-state index contributed by atoms with van der Waals surface area (Å²) in [5.74, 6) is -1.86. The van der Waals surface area contributed by atoms with Crippen molar-refractivity contribution < 1.29 is 27.9 Å². The largest absolute Gasteiger partial charge is 0.545 e. The first-order valence-corrected chi connectivity index (χ1v) is 9.47. The molecule has 0 bridgehead atoms. The molecule has 2 aromatic carbocycles. The van der Waals surface area contributed by atoms with Crippen LogP contribution in [0.15, 0.2) is 41.3 Å². The van der Waals surface area contributed by atoms with Crippen LogP contribution >= 0.6 is 11.6 Å². The molecule has 144 valence electrons. The van der Waals surface area contributed by atoms with Gasteiger partial charge in [-0.05, 0) is 29.7 Å². The number of carbonyl (C=O) groups is 2. The van der Waals surface area contributed by atoms with Gasteiger partial charge in [0.2, 0.25) is 10.0 Å². The maximum absolute atomic E-state index is 12.6. The van der Waals surface area contributed by atoms with Gasteiger partial charge in [-0.3, -0.25) is 4.79 Å². The number of halogens is 1. The zero-order valence-electron chi connectivity index (χ0n) is 14.2. The smallest absolute Gasteiger partial charge is 0.255 e. The van der Waals surface area contributed by atoms with Crippen LogP contribution in [0, 0.1) is 6.92 Å². The van der Waals surface area contributed by atoms with Crippen LogP contribution in [0.2, 0.25) is 5.02 Å². The topological polar surface area (TPSA) is 139 Å². The molecule has 10 heteroatoms. The van der Waals surface area contributed by atoms with E-state index in [4.69, 9.17) is 22.1 Å². The van der Waals surface area contributed by atoms with Crippen molar-refractivity contribution in [3.63, 3.8) is 0 Å². The van der Waals surface area contributed by atoms with E-state index in [1.54, 1.807) is 6.92 Å². The Hall–Kier alpha value is -2.62. The van der Waals surface area contributed by atoms with Crippen molar-refractivity contribution in [1.29, 1.82) is 0 Å². The second-order valence-electron chi connectivity index (χ2n) is 5.61. The van der Waals surface area contributed by atoms with Gasteiger partial charge in [-0.2, -0.15) is 0 Å². The molecule has 3 N–H and O–H groups in total. The van der Waals surface area contributed by atoms with Crippen LogP contribution in [0.3, 0.4) is 0 Å². The Bertz CT molecular complexity index is 974. The zero-order valence-corrected chi connectivity index (χ0v) is 15.8. The van der Waals surface area contributed by atoms with Gasteiger partial charge in [0.1, 0.15) is 10.6 Å². The summed E-state index contributed by atoms with van der Waals surface area (Å²) in [5, 5.41) is 10.7. The minimum Gasteiger partial charge on any atom is -0.545 e. The summed E-state index contributed by atoms with van der Waals surface area (Å²) in [7, 11) is -4.00. The molecule has 0 spiro atoms. The van der Waals surface area contributed by atoms with Crippen LogP contribution in [0.25, 0.3) is 0 Å². The first-order chi connectivity index (χ1) is 12.6. The van der Waals surface area contributed by atoms with Crippen molar-refractivity contribution >= 4 is 33.5 Å². The average Bonchev–Trinajstić information content (AvgIpc) is 2.59. The summed E-state index contributed by atoms with van der Waals surface area (Å²) in [6, 6.07) is 8.17. The number of benzene rings is 2. The Balaban J connectivity index is 2.21.